The van der Waals surface area contributed by atoms with Crippen LogP contribution in [0.15, 0.2) is 0 Å². The van der Waals surface area contributed by atoms with E-state index in [1.807, 2.05) is 5.32 Å². The van der Waals surface area contributed by atoms with E-state index in [0.29, 0.717) is 0 Å². The molecule has 1 fully saturated rings. The maximum absolute atomic E-state index is 11.7. The molecule has 5 heteroatoms. The normalized spacial score (nSPS) is 30.3. The molecule has 0 aromatic heterocycles. The highest BCUT2D eigenvalue weighted by molar-refractivity contribution is 5.65. The smallest absolute Gasteiger partial charge is 0.404 e. The SMILES string of the molecule is O=C(O)N[C@H]1C[C@@H]1C(F)F. The van der Waals surface area contributed by atoms with Crippen molar-refractivity contribution in [2.75, 3.05) is 0 Å². The van der Waals surface area contributed by atoms with Crippen LogP contribution < -0.4 is 5.32 Å². The molecule has 1 saturated carbocycles. The fourth-order valence-corrected chi connectivity index (χ4v) is 0.818. The first-order valence-electron chi connectivity index (χ1n) is 2.89. The first-order valence-corrected chi connectivity index (χ1v) is 2.89. The fourth-order valence-electron chi connectivity index (χ4n) is 0.818. The van der Waals surface area contributed by atoms with Crippen molar-refractivity contribution in [3.05, 3.63) is 0 Å². The Hall–Kier alpha value is -0.870. The minimum Gasteiger partial charge on any atom is -0.465 e. The number of halogens is 2. The van der Waals surface area contributed by atoms with E-state index in [2.05, 4.69) is 0 Å². The van der Waals surface area contributed by atoms with Gasteiger partial charge >= 0.3 is 6.09 Å². The molecule has 0 aromatic carbocycles. The quantitative estimate of drug-likeness (QED) is 0.616. The minimum atomic E-state index is -2.39. The van der Waals surface area contributed by atoms with E-state index >= 15 is 0 Å². The standard InChI is InChI=1S/C5H7F2NO2/c6-4(7)2-1-3(2)8-5(9)10/h2-4,8H,1H2,(H,9,10)/t2-,3-/m0/s1. The van der Waals surface area contributed by atoms with Crippen LogP contribution in [-0.4, -0.2) is 23.7 Å². The summed E-state index contributed by atoms with van der Waals surface area (Å²) in [6.07, 6.45) is -3.35. The van der Waals surface area contributed by atoms with Gasteiger partial charge in [-0.3, -0.25) is 0 Å². The number of nitrogens with one attached hydrogen (secondary N) is 1. The highest BCUT2D eigenvalue weighted by atomic mass is 19.3. The summed E-state index contributed by atoms with van der Waals surface area (Å²) in [5.41, 5.74) is 0. The van der Waals surface area contributed by atoms with Gasteiger partial charge in [-0.2, -0.15) is 0 Å². The van der Waals surface area contributed by atoms with Crippen LogP contribution in [-0.2, 0) is 0 Å². The van der Waals surface area contributed by atoms with Gasteiger partial charge in [0.15, 0.2) is 0 Å². The Morgan fingerprint density at radius 1 is 1.70 bits per heavy atom. The summed E-state index contributed by atoms with van der Waals surface area (Å²) in [6.45, 7) is 0. The van der Waals surface area contributed by atoms with Gasteiger partial charge in [0.2, 0.25) is 6.43 Å². The third-order valence-corrected chi connectivity index (χ3v) is 1.47. The van der Waals surface area contributed by atoms with Crippen LogP contribution in [0.1, 0.15) is 6.42 Å². The fraction of sp³-hybridized carbons (Fsp3) is 0.800. The molecule has 1 rings (SSSR count). The lowest BCUT2D eigenvalue weighted by Gasteiger charge is -1.96. The summed E-state index contributed by atoms with van der Waals surface area (Å²) in [4.78, 5) is 9.86. The molecule has 2 N–H and O–H groups in total. The number of alkyl halides is 2. The molecule has 1 aliphatic carbocycles. The molecular formula is C5H7F2NO2. The molecule has 0 spiro atoms. The number of carboxylic acid groups (broad SMARTS) is 1. The van der Waals surface area contributed by atoms with Crippen LogP contribution in [0.4, 0.5) is 13.6 Å². The van der Waals surface area contributed by atoms with Gasteiger partial charge in [-0.15, -0.1) is 0 Å². The largest absolute Gasteiger partial charge is 0.465 e. The number of hydrogen-bond donors (Lipinski definition) is 2. The maximum Gasteiger partial charge on any atom is 0.404 e. The van der Waals surface area contributed by atoms with E-state index < -0.39 is 24.5 Å². The predicted molar refractivity (Wildman–Crippen MR) is 29.1 cm³/mol. The van der Waals surface area contributed by atoms with Gasteiger partial charge in [0, 0.05) is 12.0 Å². The molecule has 58 valence electrons. The van der Waals surface area contributed by atoms with Gasteiger partial charge in [-0.05, 0) is 6.42 Å². The molecule has 0 saturated heterocycles. The van der Waals surface area contributed by atoms with Crippen molar-refractivity contribution in [3.63, 3.8) is 0 Å². The Kier molecular flexibility index (Phi) is 1.74. The molecule has 0 unspecified atom stereocenters. The Bertz CT molecular complexity index is 151. The average molecular weight is 151 g/mol. The molecule has 1 amide bonds. The summed E-state index contributed by atoms with van der Waals surface area (Å²) >= 11 is 0. The number of hydrogen-bond acceptors (Lipinski definition) is 1. The topological polar surface area (TPSA) is 49.3 Å². The van der Waals surface area contributed by atoms with Crippen LogP contribution in [0.3, 0.4) is 0 Å². The summed E-state index contributed by atoms with van der Waals surface area (Å²) in [6, 6.07) is -0.516. The van der Waals surface area contributed by atoms with E-state index in [9.17, 15) is 13.6 Å². The summed E-state index contributed by atoms with van der Waals surface area (Å²) in [5.74, 6) is -0.754. The molecule has 3 nitrogen and oxygen atoms in total. The second-order valence-corrected chi connectivity index (χ2v) is 2.29. The Morgan fingerprint density at radius 3 is 2.60 bits per heavy atom. The molecule has 2 atom stereocenters. The number of rotatable bonds is 2. The van der Waals surface area contributed by atoms with Crippen molar-refractivity contribution in [1.82, 2.24) is 5.32 Å². The lowest BCUT2D eigenvalue weighted by atomic mass is 10.4. The van der Waals surface area contributed by atoms with Gasteiger partial charge in [0.1, 0.15) is 0 Å². The first-order chi connectivity index (χ1) is 4.61. The molecule has 0 aliphatic heterocycles. The van der Waals surface area contributed by atoms with E-state index in [-0.39, 0.29) is 6.42 Å². The van der Waals surface area contributed by atoms with E-state index in [1.165, 1.54) is 0 Å². The Balaban J connectivity index is 2.19. The van der Waals surface area contributed by atoms with Crippen LogP contribution in [0.2, 0.25) is 0 Å². The molecule has 0 bridgehead atoms. The zero-order valence-electron chi connectivity index (χ0n) is 5.05. The van der Waals surface area contributed by atoms with Crippen LogP contribution in [0.25, 0.3) is 0 Å². The van der Waals surface area contributed by atoms with Gasteiger partial charge in [0.05, 0.1) is 0 Å². The molecule has 10 heavy (non-hydrogen) atoms. The number of carbonyl (C=O) groups is 1. The third-order valence-electron chi connectivity index (χ3n) is 1.47. The van der Waals surface area contributed by atoms with Gasteiger partial charge in [-0.25, -0.2) is 13.6 Å². The van der Waals surface area contributed by atoms with Gasteiger partial charge in [0.25, 0.3) is 0 Å². The van der Waals surface area contributed by atoms with Crippen molar-refractivity contribution in [2.24, 2.45) is 5.92 Å². The lowest BCUT2D eigenvalue weighted by molar-refractivity contribution is 0.118. The molecule has 0 radical (unpaired) electrons. The van der Waals surface area contributed by atoms with Crippen molar-refractivity contribution in [1.29, 1.82) is 0 Å². The second-order valence-electron chi connectivity index (χ2n) is 2.29. The van der Waals surface area contributed by atoms with Crippen molar-refractivity contribution in [3.8, 4) is 0 Å². The Morgan fingerprint density at radius 2 is 2.30 bits per heavy atom. The van der Waals surface area contributed by atoms with Crippen molar-refractivity contribution < 1.29 is 18.7 Å². The van der Waals surface area contributed by atoms with Crippen molar-refractivity contribution >= 4 is 6.09 Å². The van der Waals surface area contributed by atoms with Crippen LogP contribution in [0.5, 0.6) is 0 Å². The van der Waals surface area contributed by atoms with Crippen LogP contribution >= 0.6 is 0 Å². The first kappa shape index (κ1) is 7.24. The van der Waals surface area contributed by atoms with Crippen molar-refractivity contribution in [2.45, 2.75) is 18.9 Å². The summed E-state index contributed by atoms with van der Waals surface area (Å²) in [7, 11) is 0. The second kappa shape index (κ2) is 2.40. The Labute approximate surface area is 56.0 Å². The van der Waals surface area contributed by atoms with Gasteiger partial charge < -0.3 is 10.4 Å². The highest BCUT2D eigenvalue weighted by Gasteiger charge is 2.45. The summed E-state index contributed by atoms with van der Waals surface area (Å²) < 4.78 is 23.4. The zero-order valence-corrected chi connectivity index (χ0v) is 5.05. The summed E-state index contributed by atoms with van der Waals surface area (Å²) in [5, 5.41) is 10.1. The van der Waals surface area contributed by atoms with E-state index in [1.54, 1.807) is 0 Å². The molecule has 0 aromatic rings. The monoisotopic (exact) mass is 151 g/mol. The average Bonchev–Trinajstić information content (AvgIpc) is 2.43. The molecule has 0 heterocycles. The highest BCUT2D eigenvalue weighted by Crippen LogP contribution is 2.35. The zero-order chi connectivity index (χ0) is 7.72. The van der Waals surface area contributed by atoms with E-state index in [0.717, 1.165) is 0 Å². The van der Waals surface area contributed by atoms with Crippen LogP contribution in [0, 0.1) is 5.92 Å². The third kappa shape index (κ3) is 1.55. The maximum atomic E-state index is 11.7. The van der Waals surface area contributed by atoms with Gasteiger partial charge in [-0.1, -0.05) is 0 Å². The number of amides is 1. The molecular weight excluding hydrogens is 144 g/mol. The predicted octanol–water partition coefficient (Wildman–Crippen LogP) is 0.908. The van der Waals surface area contributed by atoms with E-state index in [4.69, 9.17) is 5.11 Å². The lowest BCUT2D eigenvalue weighted by Crippen LogP contribution is -2.25. The minimum absolute atomic E-state index is 0.268. The molecule has 1 aliphatic rings.